The number of ether oxygens (including phenoxy) is 1. The van der Waals surface area contributed by atoms with Gasteiger partial charge in [0.15, 0.2) is 11.6 Å². The highest BCUT2D eigenvalue weighted by Gasteiger charge is 2.12. The van der Waals surface area contributed by atoms with Crippen LogP contribution in [0.4, 0.5) is 13.2 Å². The molecule has 0 aliphatic rings. The molecular weight excluding hydrogens is 321 g/mol. The highest BCUT2D eigenvalue weighted by Crippen LogP contribution is 2.26. The second kappa shape index (κ2) is 6.10. The Hall–Kier alpha value is -1.49. The number of hydrogen-bond donors (Lipinski definition) is 0. The number of halogens is 4. The summed E-state index contributed by atoms with van der Waals surface area (Å²) in [6, 6.07) is 8.66. The van der Waals surface area contributed by atoms with Gasteiger partial charge in [0, 0.05) is 6.42 Å². The maximum atomic E-state index is 13.5. The van der Waals surface area contributed by atoms with Gasteiger partial charge in [0.2, 0.25) is 5.82 Å². The van der Waals surface area contributed by atoms with Crippen molar-refractivity contribution < 1.29 is 17.9 Å². The van der Waals surface area contributed by atoms with Crippen LogP contribution in [0.2, 0.25) is 0 Å². The second-order valence-corrected chi connectivity index (χ2v) is 4.75. The van der Waals surface area contributed by atoms with Crippen LogP contribution in [0.1, 0.15) is 5.56 Å². The van der Waals surface area contributed by atoms with Crippen molar-refractivity contribution in [2.45, 2.75) is 6.42 Å². The summed E-state index contributed by atoms with van der Waals surface area (Å²) in [6.45, 7) is 0.184. The molecule has 0 aliphatic carbocycles. The van der Waals surface area contributed by atoms with E-state index < -0.39 is 11.6 Å². The number of benzene rings is 2. The van der Waals surface area contributed by atoms with Gasteiger partial charge in [0.05, 0.1) is 11.1 Å². The molecule has 0 bridgehead atoms. The van der Waals surface area contributed by atoms with Crippen molar-refractivity contribution >= 4 is 15.9 Å². The Morgan fingerprint density at radius 2 is 1.58 bits per heavy atom. The Morgan fingerprint density at radius 3 is 2.26 bits per heavy atom. The largest absolute Gasteiger partial charge is 0.490 e. The molecule has 0 fully saturated rings. The van der Waals surface area contributed by atoms with Crippen molar-refractivity contribution in [2.75, 3.05) is 6.61 Å². The first kappa shape index (κ1) is 13.9. The molecule has 0 saturated carbocycles. The fourth-order valence-electron chi connectivity index (χ4n) is 1.55. The van der Waals surface area contributed by atoms with E-state index in [1.54, 1.807) is 12.1 Å². The van der Waals surface area contributed by atoms with Gasteiger partial charge in [-0.2, -0.15) is 4.39 Å². The van der Waals surface area contributed by atoms with Crippen LogP contribution in [0.15, 0.2) is 40.9 Å². The molecule has 0 unspecified atom stereocenters. The zero-order valence-corrected chi connectivity index (χ0v) is 11.4. The predicted molar refractivity (Wildman–Crippen MR) is 69.7 cm³/mol. The van der Waals surface area contributed by atoms with Crippen molar-refractivity contribution in [2.24, 2.45) is 0 Å². The molecule has 2 aromatic carbocycles. The van der Waals surface area contributed by atoms with E-state index in [1.165, 1.54) is 24.3 Å². The van der Waals surface area contributed by atoms with Gasteiger partial charge in [-0.3, -0.25) is 0 Å². The van der Waals surface area contributed by atoms with Gasteiger partial charge in [0.1, 0.15) is 5.82 Å². The van der Waals surface area contributed by atoms with Crippen LogP contribution >= 0.6 is 15.9 Å². The molecule has 19 heavy (non-hydrogen) atoms. The van der Waals surface area contributed by atoms with E-state index in [4.69, 9.17) is 4.74 Å². The molecule has 0 N–H and O–H groups in total. The lowest BCUT2D eigenvalue weighted by Gasteiger charge is -2.08. The Morgan fingerprint density at radius 1 is 0.895 bits per heavy atom. The monoisotopic (exact) mass is 330 g/mol. The van der Waals surface area contributed by atoms with Crippen molar-refractivity contribution in [3.8, 4) is 5.75 Å². The van der Waals surface area contributed by atoms with Crippen LogP contribution in [-0.4, -0.2) is 6.61 Å². The van der Waals surface area contributed by atoms with Gasteiger partial charge >= 0.3 is 0 Å². The molecule has 2 rings (SSSR count). The molecule has 0 atom stereocenters. The van der Waals surface area contributed by atoms with Crippen LogP contribution in [0.25, 0.3) is 0 Å². The summed E-state index contributed by atoms with van der Waals surface area (Å²) in [6.07, 6.45) is 0.484. The predicted octanol–water partition coefficient (Wildman–Crippen LogP) is 4.49. The maximum Gasteiger partial charge on any atom is 0.201 e. The lowest BCUT2D eigenvalue weighted by molar-refractivity contribution is 0.298. The van der Waals surface area contributed by atoms with Crippen LogP contribution in [0.3, 0.4) is 0 Å². The molecular formula is C14H10BrF3O. The molecule has 0 amide bonds. The van der Waals surface area contributed by atoms with E-state index in [2.05, 4.69) is 15.9 Å². The van der Waals surface area contributed by atoms with Crippen LogP contribution < -0.4 is 4.74 Å². The second-order valence-electron chi connectivity index (χ2n) is 3.90. The van der Waals surface area contributed by atoms with Gasteiger partial charge in [0.25, 0.3) is 0 Å². The highest BCUT2D eigenvalue weighted by atomic mass is 79.9. The van der Waals surface area contributed by atoms with E-state index in [0.717, 1.165) is 5.56 Å². The minimum absolute atomic E-state index is 0.0517. The molecule has 5 heteroatoms. The quantitative estimate of drug-likeness (QED) is 0.750. The minimum Gasteiger partial charge on any atom is -0.490 e. The van der Waals surface area contributed by atoms with E-state index in [1.807, 2.05) is 0 Å². The van der Waals surface area contributed by atoms with Crippen molar-refractivity contribution in [3.63, 3.8) is 0 Å². The average Bonchev–Trinajstić information content (AvgIpc) is 2.41. The first-order chi connectivity index (χ1) is 9.08. The average molecular weight is 331 g/mol. The summed E-state index contributed by atoms with van der Waals surface area (Å²) in [5.74, 6) is -2.44. The third kappa shape index (κ3) is 3.50. The first-order valence-corrected chi connectivity index (χ1v) is 6.38. The minimum atomic E-state index is -1.02. The first-order valence-electron chi connectivity index (χ1n) is 5.58. The topological polar surface area (TPSA) is 9.23 Å². The lowest BCUT2D eigenvalue weighted by Crippen LogP contribution is -2.04. The lowest BCUT2D eigenvalue weighted by atomic mass is 10.2. The van der Waals surface area contributed by atoms with E-state index in [-0.39, 0.29) is 22.6 Å². The van der Waals surface area contributed by atoms with E-state index in [0.29, 0.717) is 6.42 Å². The fraction of sp³-hybridized carbons (Fsp3) is 0.143. The molecule has 0 radical (unpaired) electrons. The molecule has 0 saturated heterocycles. The van der Waals surface area contributed by atoms with Crippen molar-refractivity contribution in [1.82, 2.24) is 0 Å². The number of rotatable bonds is 4. The Kier molecular flexibility index (Phi) is 4.47. The molecule has 2 aromatic rings. The van der Waals surface area contributed by atoms with Gasteiger partial charge in [-0.05, 0) is 45.8 Å². The van der Waals surface area contributed by atoms with Gasteiger partial charge < -0.3 is 4.74 Å². The highest BCUT2D eigenvalue weighted by molar-refractivity contribution is 9.10. The van der Waals surface area contributed by atoms with Crippen LogP contribution in [0, 0.1) is 17.5 Å². The summed E-state index contributed by atoms with van der Waals surface area (Å²) < 4.78 is 44.6. The summed E-state index contributed by atoms with van der Waals surface area (Å²) in [4.78, 5) is 0. The Balaban J connectivity index is 1.96. The zero-order valence-electron chi connectivity index (χ0n) is 9.80. The third-order valence-electron chi connectivity index (χ3n) is 2.56. The maximum absolute atomic E-state index is 13.5. The molecule has 0 spiro atoms. The van der Waals surface area contributed by atoms with Gasteiger partial charge in [-0.1, -0.05) is 12.1 Å². The molecule has 1 nitrogen and oxygen atoms in total. The molecule has 0 aromatic heterocycles. The summed E-state index contributed by atoms with van der Waals surface area (Å²) in [7, 11) is 0. The fourth-order valence-corrected chi connectivity index (χ4v) is 1.86. The third-order valence-corrected chi connectivity index (χ3v) is 3.17. The molecule has 0 heterocycles. The van der Waals surface area contributed by atoms with E-state index >= 15 is 0 Å². The SMILES string of the molecule is Fc1ccc(CCOc2ccc(Br)c(F)c2F)cc1. The van der Waals surface area contributed by atoms with Crippen molar-refractivity contribution in [1.29, 1.82) is 0 Å². The van der Waals surface area contributed by atoms with Crippen LogP contribution in [0.5, 0.6) is 5.75 Å². The Labute approximate surface area is 117 Å². The Bertz CT molecular complexity index is 570. The summed E-state index contributed by atoms with van der Waals surface area (Å²) in [5.41, 5.74) is 0.861. The van der Waals surface area contributed by atoms with Crippen LogP contribution in [-0.2, 0) is 6.42 Å². The normalized spacial score (nSPS) is 10.5. The zero-order chi connectivity index (χ0) is 13.8. The van der Waals surface area contributed by atoms with E-state index in [9.17, 15) is 13.2 Å². The summed E-state index contributed by atoms with van der Waals surface area (Å²) >= 11 is 2.89. The molecule has 0 aliphatic heterocycles. The molecule has 100 valence electrons. The van der Waals surface area contributed by atoms with Gasteiger partial charge in [-0.25, -0.2) is 8.78 Å². The number of hydrogen-bond acceptors (Lipinski definition) is 1. The standard InChI is InChI=1S/C14H10BrF3O/c15-11-5-6-12(14(18)13(11)17)19-8-7-9-1-3-10(16)4-2-9/h1-6H,7-8H2. The van der Waals surface area contributed by atoms with Crippen molar-refractivity contribution in [3.05, 3.63) is 63.9 Å². The smallest absolute Gasteiger partial charge is 0.201 e. The summed E-state index contributed by atoms with van der Waals surface area (Å²) in [5, 5.41) is 0. The van der Waals surface area contributed by atoms with Gasteiger partial charge in [-0.15, -0.1) is 0 Å².